The van der Waals surface area contributed by atoms with Crippen LogP contribution in [0, 0.1) is 13.8 Å². The monoisotopic (exact) mass is 404 g/mol. The van der Waals surface area contributed by atoms with E-state index < -0.39 is 0 Å². The summed E-state index contributed by atoms with van der Waals surface area (Å²) in [5.41, 5.74) is 4.92. The molecule has 6 nitrogen and oxygen atoms in total. The van der Waals surface area contributed by atoms with E-state index in [1.165, 1.54) is 4.90 Å². The second-order valence-electron chi connectivity index (χ2n) is 8.02. The third-order valence-corrected chi connectivity index (χ3v) is 5.99. The number of pyridine rings is 1. The molecule has 0 radical (unpaired) electrons. The van der Waals surface area contributed by atoms with E-state index in [4.69, 9.17) is 0 Å². The molecule has 0 unspecified atom stereocenters. The van der Waals surface area contributed by atoms with Gasteiger partial charge in [0.05, 0.1) is 12.1 Å². The summed E-state index contributed by atoms with van der Waals surface area (Å²) in [7, 11) is 0. The zero-order chi connectivity index (χ0) is 21.3. The van der Waals surface area contributed by atoms with Gasteiger partial charge in [-0.1, -0.05) is 36.8 Å². The molecule has 0 bridgehead atoms. The van der Waals surface area contributed by atoms with Crippen LogP contribution in [0.3, 0.4) is 0 Å². The molecular formula is C24H28N4O2. The van der Waals surface area contributed by atoms with Crippen molar-refractivity contribution in [2.45, 2.75) is 27.3 Å². The maximum atomic E-state index is 13.5. The number of hydrogen-bond acceptors (Lipinski definition) is 5. The number of hydrogen-bond donors (Lipinski definition) is 0. The van der Waals surface area contributed by atoms with Gasteiger partial charge in [-0.25, -0.2) is 0 Å². The number of rotatable bonds is 5. The van der Waals surface area contributed by atoms with Gasteiger partial charge < -0.3 is 9.80 Å². The Balaban J connectivity index is 1.74. The number of amides is 2. The summed E-state index contributed by atoms with van der Waals surface area (Å²) in [4.78, 5) is 37.0. The van der Waals surface area contributed by atoms with Gasteiger partial charge in [-0.05, 0) is 43.1 Å². The van der Waals surface area contributed by atoms with E-state index in [2.05, 4.69) is 27.8 Å². The van der Waals surface area contributed by atoms with Crippen molar-refractivity contribution in [3.05, 3.63) is 70.7 Å². The molecule has 1 aromatic carbocycles. The van der Waals surface area contributed by atoms with Gasteiger partial charge >= 0.3 is 0 Å². The topological polar surface area (TPSA) is 56.8 Å². The van der Waals surface area contributed by atoms with E-state index in [1.807, 2.05) is 38.1 Å². The van der Waals surface area contributed by atoms with Crippen molar-refractivity contribution in [2.75, 3.05) is 32.7 Å². The first kappa shape index (κ1) is 20.3. The highest BCUT2D eigenvalue weighted by Crippen LogP contribution is 2.34. The van der Waals surface area contributed by atoms with Crippen molar-refractivity contribution in [3.8, 4) is 0 Å². The average molecular weight is 405 g/mol. The molecule has 0 spiro atoms. The molecule has 1 aromatic heterocycles. The van der Waals surface area contributed by atoms with Gasteiger partial charge in [0.1, 0.15) is 5.70 Å². The molecule has 2 amide bonds. The summed E-state index contributed by atoms with van der Waals surface area (Å²) in [5.74, 6) is -0.424. The van der Waals surface area contributed by atoms with Crippen molar-refractivity contribution in [3.63, 3.8) is 0 Å². The highest BCUT2D eigenvalue weighted by Gasteiger charge is 2.42. The number of benzene rings is 1. The molecular weight excluding hydrogens is 376 g/mol. The Morgan fingerprint density at radius 1 is 1.00 bits per heavy atom. The predicted molar refractivity (Wildman–Crippen MR) is 116 cm³/mol. The molecule has 0 saturated carbocycles. The molecule has 2 aliphatic heterocycles. The summed E-state index contributed by atoms with van der Waals surface area (Å²) in [5, 5.41) is 0. The SMILES string of the molecule is CCN1CCN(C2=C(c3ccc(C)cc3C)C(=O)N(Cc3cccnc3)C2=O)CC1. The van der Waals surface area contributed by atoms with Crippen LogP contribution in [-0.4, -0.2) is 64.2 Å². The highest BCUT2D eigenvalue weighted by molar-refractivity contribution is 6.35. The quantitative estimate of drug-likeness (QED) is 0.717. The Labute approximate surface area is 177 Å². The number of likely N-dealkylation sites (N-methyl/N-ethyl adjacent to an activating group) is 1. The van der Waals surface area contributed by atoms with Crippen LogP contribution in [0.1, 0.15) is 29.2 Å². The molecule has 1 fully saturated rings. The van der Waals surface area contributed by atoms with Crippen LogP contribution in [0.2, 0.25) is 0 Å². The summed E-state index contributed by atoms with van der Waals surface area (Å²) in [6.45, 7) is 10.7. The number of carbonyl (C=O) groups excluding carboxylic acids is 2. The number of carbonyl (C=O) groups is 2. The Morgan fingerprint density at radius 2 is 1.77 bits per heavy atom. The van der Waals surface area contributed by atoms with Crippen LogP contribution in [0.25, 0.3) is 5.57 Å². The molecule has 1 saturated heterocycles. The number of aromatic nitrogens is 1. The van der Waals surface area contributed by atoms with E-state index in [9.17, 15) is 9.59 Å². The largest absolute Gasteiger partial charge is 0.364 e. The lowest BCUT2D eigenvalue weighted by molar-refractivity contribution is -0.138. The molecule has 0 N–H and O–H groups in total. The molecule has 0 atom stereocenters. The maximum absolute atomic E-state index is 13.5. The number of nitrogens with zero attached hydrogens (tertiary/aromatic N) is 4. The first-order valence-corrected chi connectivity index (χ1v) is 10.5. The summed E-state index contributed by atoms with van der Waals surface area (Å²) >= 11 is 0. The minimum Gasteiger partial charge on any atom is -0.364 e. The lowest BCUT2D eigenvalue weighted by Gasteiger charge is -2.36. The zero-order valence-corrected chi connectivity index (χ0v) is 17.9. The lowest BCUT2D eigenvalue weighted by atomic mass is 9.97. The molecule has 2 aromatic rings. The van der Waals surface area contributed by atoms with Crippen molar-refractivity contribution in [1.82, 2.24) is 19.7 Å². The lowest BCUT2D eigenvalue weighted by Crippen LogP contribution is -2.47. The van der Waals surface area contributed by atoms with E-state index in [-0.39, 0.29) is 18.4 Å². The van der Waals surface area contributed by atoms with E-state index >= 15 is 0 Å². The van der Waals surface area contributed by atoms with Gasteiger partial charge in [0, 0.05) is 38.6 Å². The second-order valence-corrected chi connectivity index (χ2v) is 8.02. The maximum Gasteiger partial charge on any atom is 0.278 e. The Kier molecular flexibility index (Phi) is 5.68. The fourth-order valence-corrected chi connectivity index (χ4v) is 4.30. The third-order valence-electron chi connectivity index (χ3n) is 5.99. The number of aryl methyl sites for hydroxylation is 2. The van der Waals surface area contributed by atoms with Gasteiger partial charge in [-0.15, -0.1) is 0 Å². The van der Waals surface area contributed by atoms with Gasteiger partial charge in [-0.2, -0.15) is 0 Å². The zero-order valence-electron chi connectivity index (χ0n) is 17.9. The Hall–Kier alpha value is -2.99. The first-order chi connectivity index (χ1) is 14.5. The van der Waals surface area contributed by atoms with Gasteiger partial charge in [0.25, 0.3) is 11.8 Å². The molecule has 6 heteroatoms. The minimum atomic E-state index is -0.219. The van der Waals surface area contributed by atoms with Crippen molar-refractivity contribution < 1.29 is 9.59 Å². The predicted octanol–water partition coefficient (Wildman–Crippen LogP) is 2.62. The van der Waals surface area contributed by atoms with E-state index in [1.54, 1.807) is 12.4 Å². The van der Waals surface area contributed by atoms with Crippen molar-refractivity contribution in [1.29, 1.82) is 0 Å². The fraction of sp³-hybridized carbons (Fsp3) is 0.375. The fourth-order valence-electron chi connectivity index (χ4n) is 4.30. The summed E-state index contributed by atoms with van der Waals surface area (Å²) < 4.78 is 0. The average Bonchev–Trinajstić information content (AvgIpc) is 2.99. The minimum absolute atomic E-state index is 0.205. The van der Waals surface area contributed by atoms with Crippen LogP contribution in [0.15, 0.2) is 48.4 Å². The smallest absolute Gasteiger partial charge is 0.278 e. The normalized spacial score (nSPS) is 18.0. The van der Waals surface area contributed by atoms with Crippen molar-refractivity contribution in [2.24, 2.45) is 0 Å². The molecule has 30 heavy (non-hydrogen) atoms. The van der Waals surface area contributed by atoms with Gasteiger partial charge in [-0.3, -0.25) is 19.5 Å². The number of piperazine rings is 1. The van der Waals surface area contributed by atoms with Crippen LogP contribution in [-0.2, 0) is 16.1 Å². The van der Waals surface area contributed by atoms with E-state index in [0.717, 1.165) is 55.0 Å². The second kappa shape index (κ2) is 8.40. The first-order valence-electron chi connectivity index (χ1n) is 10.5. The summed E-state index contributed by atoms with van der Waals surface area (Å²) in [6, 6.07) is 9.76. The van der Waals surface area contributed by atoms with Gasteiger partial charge in [0.2, 0.25) is 0 Å². The molecule has 156 valence electrons. The molecule has 2 aliphatic rings. The molecule has 3 heterocycles. The highest BCUT2D eigenvalue weighted by atomic mass is 16.2. The molecule has 4 rings (SSSR count). The Bertz CT molecular complexity index is 992. The van der Waals surface area contributed by atoms with E-state index in [0.29, 0.717) is 11.3 Å². The number of imide groups is 1. The molecule has 0 aliphatic carbocycles. The van der Waals surface area contributed by atoms with Crippen molar-refractivity contribution >= 4 is 17.4 Å². The summed E-state index contributed by atoms with van der Waals surface area (Å²) in [6.07, 6.45) is 3.39. The third kappa shape index (κ3) is 3.75. The van der Waals surface area contributed by atoms with Crippen LogP contribution in [0.5, 0.6) is 0 Å². The Morgan fingerprint density at radius 3 is 2.40 bits per heavy atom. The van der Waals surface area contributed by atoms with Crippen LogP contribution < -0.4 is 0 Å². The standard InChI is InChI=1S/C24H28N4O2/c1-4-26-10-12-27(13-11-26)22-21(20-8-7-17(2)14-18(20)3)23(29)28(24(22)30)16-19-6-5-9-25-15-19/h5-9,14-15H,4,10-13,16H2,1-3H3. The van der Waals surface area contributed by atoms with Crippen LogP contribution in [0.4, 0.5) is 0 Å². The van der Waals surface area contributed by atoms with Gasteiger partial charge in [0.15, 0.2) is 0 Å². The van der Waals surface area contributed by atoms with Crippen LogP contribution >= 0.6 is 0 Å².